The second-order valence-corrected chi connectivity index (χ2v) is 4.00. The highest BCUT2D eigenvalue weighted by Gasteiger charge is 2.33. The Bertz CT molecular complexity index is 250. The molecule has 0 unspecified atom stereocenters. The third kappa shape index (κ3) is 3.42. The van der Waals surface area contributed by atoms with Crippen LogP contribution in [0.2, 0.25) is 0 Å². The van der Waals surface area contributed by atoms with E-state index in [1.165, 1.54) is 0 Å². The third-order valence-electron chi connectivity index (χ3n) is 2.66. The monoisotopic (exact) mass is 212 g/mol. The SMILES string of the molecule is CCN(C)C(=O)N(CCC(=N)N)C1CC1. The Morgan fingerprint density at radius 2 is 2.13 bits per heavy atom. The molecule has 0 bridgehead atoms. The molecule has 5 nitrogen and oxygen atoms in total. The zero-order chi connectivity index (χ0) is 11.4. The predicted octanol–water partition coefficient (Wildman–Crippen LogP) is 0.849. The quantitative estimate of drug-likeness (QED) is 0.523. The molecule has 86 valence electrons. The number of amidine groups is 1. The number of nitrogens with two attached hydrogens (primary N) is 1. The summed E-state index contributed by atoms with van der Waals surface area (Å²) in [5.41, 5.74) is 5.30. The predicted molar refractivity (Wildman–Crippen MR) is 60.0 cm³/mol. The minimum absolute atomic E-state index is 0.0567. The first-order valence-electron chi connectivity index (χ1n) is 5.41. The van der Waals surface area contributed by atoms with Gasteiger partial charge in [-0.1, -0.05) is 0 Å². The Balaban J connectivity index is 2.49. The molecule has 5 heteroatoms. The van der Waals surface area contributed by atoms with Gasteiger partial charge in [-0.3, -0.25) is 5.41 Å². The Kier molecular flexibility index (Phi) is 3.94. The Labute approximate surface area is 90.7 Å². The van der Waals surface area contributed by atoms with Crippen LogP contribution in [0.15, 0.2) is 0 Å². The van der Waals surface area contributed by atoms with Crippen LogP contribution in [-0.4, -0.2) is 47.8 Å². The first-order valence-corrected chi connectivity index (χ1v) is 5.41. The lowest BCUT2D eigenvalue weighted by Crippen LogP contribution is -2.43. The van der Waals surface area contributed by atoms with Crippen LogP contribution >= 0.6 is 0 Å². The zero-order valence-corrected chi connectivity index (χ0v) is 9.49. The molecule has 1 rings (SSSR count). The summed E-state index contributed by atoms with van der Waals surface area (Å²) in [5.74, 6) is 0.146. The minimum atomic E-state index is 0.0567. The second kappa shape index (κ2) is 5.00. The van der Waals surface area contributed by atoms with Crippen molar-refractivity contribution in [1.82, 2.24) is 9.80 Å². The van der Waals surface area contributed by atoms with E-state index >= 15 is 0 Å². The molecule has 1 aliphatic carbocycles. The summed E-state index contributed by atoms with van der Waals surface area (Å²) in [6.45, 7) is 3.24. The maximum absolute atomic E-state index is 11.9. The van der Waals surface area contributed by atoms with Gasteiger partial charge in [0.25, 0.3) is 0 Å². The number of hydrogen-bond acceptors (Lipinski definition) is 2. The maximum Gasteiger partial charge on any atom is 0.319 e. The first kappa shape index (κ1) is 11.8. The topological polar surface area (TPSA) is 73.4 Å². The summed E-state index contributed by atoms with van der Waals surface area (Å²) in [5, 5.41) is 7.17. The third-order valence-corrected chi connectivity index (χ3v) is 2.66. The largest absolute Gasteiger partial charge is 0.388 e. The number of amides is 2. The summed E-state index contributed by atoms with van der Waals surface area (Å²) in [7, 11) is 1.80. The van der Waals surface area contributed by atoms with Crippen molar-refractivity contribution in [3.05, 3.63) is 0 Å². The molecular formula is C10H20N4O. The molecule has 2 amide bonds. The molecule has 0 heterocycles. The highest BCUT2D eigenvalue weighted by molar-refractivity contribution is 5.79. The summed E-state index contributed by atoms with van der Waals surface area (Å²) >= 11 is 0. The molecular weight excluding hydrogens is 192 g/mol. The van der Waals surface area contributed by atoms with Gasteiger partial charge < -0.3 is 15.5 Å². The van der Waals surface area contributed by atoms with Gasteiger partial charge in [0, 0.05) is 32.6 Å². The standard InChI is InChI=1S/C10H20N4O/c1-3-13(2)10(15)14(8-4-5-8)7-6-9(11)12/h8H,3-7H2,1-2H3,(H3,11,12). The molecule has 0 atom stereocenters. The summed E-state index contributed by atoms with van der Waals surface area (Å²) in [6, 6.07) is 0.437. The molecule has 0 spiro atoms. The van der Waals surface area contributed by atoms with E-state index in [0.29, 0.717) is 25.6 Å². The molecule has 0 aliphatic heterocycles. The number of nitrogens with zero attached hydrogens (tertiary/aromatic N) is 2. The van der Waals surface area contributed by atoms with Crippen LogP contribution in [-0.2, 0) is 0 Å². The van der Waals surface area contributed by atoms with E-state index in [1.54, 1.807) is 11.9 Å². The number of nitrogens with one attached hydrogen (secondary N) is 1. The summed E-state index contributed by atoms with van der Waals surface area (Å²) in [4.78, 5) is 15.4. The number of rotatable bonds is 5. The van der Waals surface area contributed by atoms with Crippen LogP contribution in [0.5, 0.6) is 0 Å². The molecule has 15 heavy (non-hydrogen) atoms. The average Bonchev–Trinajstić information content (AvgIpc) is 3.00. The molecule has 0 aromatic carbocycles. The molecule has 1 aliphatic rings. The van der Waals surface area contributed by atoms with Crippen LogP contribution in [0.1, 0.15) is 26.2 Å². The summed E-state index contributed by atoms with van der Waals surface area (Å²) < 4.78 is 0. The molecule has 0 saturated heterocycles. The van der Waals surface area contributed by atoms with Crippen molar-refractivity contribution in [2.24, 2.45) is 5.73 Å². The summed E-state index contributed by atoms with van der Waals surface area (Å²) in [6.07, 6.45) is 2.64. The molecule has 0 aromatic heterocycles. The number of carbonyl (C=O) groups is 1. The van der Waals surface area contributed by atoms with Crippen molar-refractivity contribution in [3.8, 4) is 0 Å². The van der Waals surface area contributed by atoms with E-state index in [0.717, 1.165) is 12.8 Å². The van der Waals surface area contributed by atoms with E-state index in [4.69, 9.17) is 11.1 Å². The second-order valence-electron chi connectivity index (χ2n) is 4.00. The Hall–Kier alpha value is -1.26. The van der Waals surface area contributed by atoms with Gasteiger partial charge in [-0.15, -0.1) is 0 Å². The van der Waals surface area contributed by atoms with Crippen molar-refractivity contribution in [3.63, 3.8) is 0 Å². The van der Waals surface area contributed by atoms with Crippen LogP contribution in [0.25, 0.3) is 0 Å². The Morgan fingerprint density at radius 3 is 2.53 bits per heavy atom. The lowest BCUT2D eigenvalue weighted by molar-refractivity contribution is 0.163. The smallest absolute Gasteiger partial charge is 0.319 e. The zero-order valence-electron chi connectivity index (χ0n) is 9.49. The van der Waals surface area contributed by atoms with Crippen LogP contribution in [0, 0.1) is 5.41 Å². The lowest BCUT2D eigenvalue weighted by atomic mass is 10.3. The van der Waals surface area contributed by atoms with E-state index in [9.17, 15) is 4.79 Å². The molecule has 3 N–H and O–H groups in total. The molecule has 1 fully saturated rings. The number of hydrogen-bond donors (Lipinski definition) is 2. The normalized spacial score (nSPS) is 14.8. The van der Waals surface area contributed by atoms with Crippen molar-refractivity contribution in [2.75, 3.05) is 20.1 Å². The lowest BCUT2D eigenvalue weighted by Gasteiger charge is -2.27. The van der Waals surface area contributed by atoms with Crippen molar-refractivity contribution in [2.45, 2.75) is 32.2 Å². The minimum Gasteiger partial charge on any atom is -0.388 e. The number of urea groups is 1. The van der Waals surface area contributed by atoms with E-state index in [2.05, 4.69) is 0 Å². The van der Waals surface area contributed by atoms with Crippen molar-refractivity contribution >= 4 is 11.9 Å². The Morgan fingerprint density at radius 1 is 1.53 bits per heavy atom. The van der Waals surface area contributed by atoms with Gasteiger partial charge in [-0.25, -0.2) is 4.79 Å². The fourth-order valence-electron chi connectivity index (χ4n) is 1.42. The van der Waals surface area contributed by atoms with Gasteiger partial charge in [-0.05, 0) is 19.8 Å². The van der Waals surface area contributed by atoms with E-state index in [1.807, 2.05) is 11.8 Å². The maximum atomic E-state index is 11.9. The van der Waals surface area contributed by atoms with E-state index < -0.39 is 0 Å². The first-order chi connectivity index (χ1) is 7.06. The van der Waals surface area contributed by atoms with Crippen molar-refractivity contribution < 1.29 is 4.79 Å². The van der Waals surface area contributed by atoms with E-state index in [-0.39, 0.29) is 11.9 Å². The van der Waals surface area contributed by atoms with Gasteiger partial charge in [0.15, 0.2) is 0 Å². The van der Waals surface area contributed by atoms with Gasteiger partial charge in [0.05, 0.1) is 5.84 Å². The molecule has 0 radical (unpaired) electrons. The molecule has 1 saturated carbocycles. The van der Waals surface area contributed by atoms with Gasteiger partial charge >= 0.3 is 6.03 Å². The average molecular weight is 212 g/mol. The molecule has 0 aromatic rings. The highest BCUT2D eigenvalue weighted by Crippen LogP contribution is 2.27. The number of carbonyl (C=O) groups excluding carboxylic acids is 1. The van der Waals surface area contributed by atoms with Crippen molar-refractivity contribution in [1.29, 1.82) is 5.41 Å². The van der Waals surface area contributed by atoms with Crippen LogP contribution in [0.4, 0.5) is 4.79 Å². The fourth-order valence-corrected chi connectivity index (χ4v) is 1.42. The van der Waals surface area contributed by atoms with Crippen LogP contribution in [0.3, 0.4) is 0 Å². The van der Waals surface area contributed by atoms with Crippen LogP contribution < -0.4 is 5.73 Å². The van der Waals surface area contributed by atoms with Gasteiger partial charge in [0.2, 0.25) is 0 Å². The van der Waals surface area contributed by atoms with Gasteiger partial charge in [-0.2, -0.15) is 0 Å². The van der Waals surface area contributed by atoms with Gasteiger partial charge in [0.1, 0.15) is 0 Å². The highest BCUT2D eigenvalue weighted by atomic mass is 16.2. The fraction of sp³-hybridized carbons (Fsp3) is 0.800.